The first-order valence-electron chi connectivity index (χ1n) is 8.69. The van der Waals surface area contributed by atoms with Gasteiger partial charge in [-0.25, -0.2) is 0 Å². The standard InChI is InChI=1S/C21H27NO3/c1-16(2)15-25-20-13-18(9-10-19(20)24-3)11-12-22-21(23)14-17-7-5-4-6-8-17/h4-10,13,16H,11-12,14-15H2,1-3H3,(H,22,23). The van der Waals surface area contributed by atoms with Gasteiger partial charge in [-0.2, -0.15) is 0 Å². The van der Waals surface area contributed by atoms with Crippen LogP contribution in [-0.2, 0) is 17.6 Å². The van der Waals surface area contributed by atoms with Crippen molar-refractivity contribution >= 4 is 5.91 Å². The van der Waals surface area contributed by atoms with Crippen LogP contribution in [0, 0.1) is 5.92 Å². The summed E-state index contributed by atoms with van der Waals surface area (Å²) < 4.78 is 11.2. The minimum atomic E-state index is 0.0380. The predicted octanol–water partition coefficient (Wildman–Crippen LogP) is 3.63. The Morgan fingerprint density at radius 1 is 1.04 bits per heavy atom. The highest BCUT2D eigenvalue weighted by molar-refractivity contribution is 5.78. The first kappa shape index (κ1) is 18.8. The molecule has 0 aliphatic heterocycles. The van der Waals surface area contributed by atoms with Crippen LogP contribution in [-0.4, -0.2) is 26.2 Å². The lowest BCUT2D eigenvalue weighted by molar-refractivity contribution is -0.120. The molecule has 1 N–H and O–H groups in total. The van der Waals surface area contributed by atoms with Gasteiger partial charge in [0.1, 0.15) is 0 Å². The van der Waals surface area contributed by atoms with Crippen molar-refractivity contribution in [3.63, 3.8) is 0 Å². The number of amides is 1. The normalized spacial score (nSPS) is 10.6. The van der Waals surface area contributed by atoms with Crippen LogP contribution in [0.1, 0.15) is 25.0 Å². The van der Waals surface area contributed by atoms with Crippen molar-refractivity contribution < 1.29 is 14.3 Å². The van der Waals surface area contributed by atoms with E-state index in [0.717, 1.165) is 29.0 Å². The molecule has 0 radical (unpaired) electrons. The average Bonchev–Trinajstić information content (AvgIpc) is 2.61. The SMILES string of the molecule is COc1ccc(CCNC(=O)Cc2ccccc2)cc1OCC(C)C. The van der Waals surface area contributed by atoms with Crippen LogP contribution in [0.25, 0.3) is 0 Å². The number of carbonyl (C=O) groups excluding carboxylic acids is 1. The lowest BCUT2D eigenvalue weighted by Crippen LogP contribution is -2.27. The summed E-state index contributed by atoms with van der Waals surface area (Å²) in [6.45, 7) is 5.46. The van der Waals surface area contributed by atoms with Crippen molar-refractivity contribution in [3.05, 3.63) is 59.7 Å². The van der Waals surface area contributed by atoms with Gasteiger partial charge in [0.25, 0.3) is 0 Å². The Morgan fingerprint density at radius 3 is 2.48 bits per heavy atom. The van der Waals surface area contributed by atoms with Crippen LogP contribution in [0.2, 0.25) is 0 Å². The van der Waals surface area contributed by atoms with Crippen LogP contribution in [0.4, 0.5) is 0 Å². The summed E-state index contributed by atoms with van der Waals surface area (Å²) in [7, 11) is 1.64. The van der Waals surface area contributed by atoms with Gasteiger partial charge in [-0.05, 0) is 35.6 Å². The summed E-state index contributed by atoms with van der Waals surface area (Å²) in [4.78, 5) is 12.0. The third-order valence-corrected chi connectivity index (χ3v) is 3.74. The van der Waals surface area contributed by atoms with E-state index in [-0.39, 0.29) is 5.91 Å². The number of ether oxygens (including phenoxy) is 2. The van der Waals surface area contributed by atoms with Crippen LogP contribution in [0.5, 0.6) is 11.5 Å². The molecule has 0 bridgehead atoms. The van der Waals surface area contributed by atoms with E-state index in [1.807, 2.05) is 48.5 Å². The van der Waals surface area contributed by atoms with Gasteiger partial charge in [0.2, 0.25) is 5.91 Å². The van der Waals surface area contributed by atoms with Crippen LogP contribution < -0.4 is 14.8 Å². The van der Waals surface area contributed by atoms with Crippen molar-refractivity contribution in [1.82, 2.24) is 5.32 Å². The number of hydrogen-bond donors (Lipinski definition) is 1. The van der Waals surface area contributed by atoms with E-state index >= 15 is 0 Å². The summed E-state index contributed by atoms with van der Waals surface area (Å²) in [5, 5.41) is 2.97. The van der Waals surface area contributed by atoms with Crippen molar-refractivity contribution in [1.29, 1.82) is 0 Å². The summed E-state index contributed by atoms with van der Waals surface area (Å²) in [6.07, 6.45) is 1.16. The molecule has 1 amide bonds. The summed E-state index contributed by atoms with van der Waals surface area (Å²) in [5.41, 5.74) is 2.13. The molecule has 25 heavy (non-hydrogen) atoms. The Hall–Kier alpha value is -2.49. The number of hydrogen-bond acceptors (Lipinski definition) is 3. The molecule has 2 aromatic carbocycles. The fourth-order valence-corrected chi connectivity index (χ4v) is 2.44. The van der Waals surface area contributed by atoms with E-state index in [1.54, 1.807) is 7.11 Å². The summed E-state index contributed by atoms with van der Waals surface area (Å²) in [5.74, 6) is 1.98. The second kappa shape index (κ2) is 9.72. The highest BCUT2D eigenvalue weighted by Crippen LogP contribution is 2.28. The van der Waals surface area contributed by atoms with E-state index in [9.17, 15) is 4.79 Å². The van der Waals surface area contributed by atoms with Crippen LogP contribution in [0.15, 0.2) is 48.5 Å². The van der Waals surface area contributed by atoms with E-state index in [4.69, 9.17) is 9.47 Å². The molecule has 0 aliphatic rings. The van der Waals surface area contributed by atoms with Gasteiger partial charge in [0.15, 0.2) is 11.5 Å². The molecule has 0 unspecified atom stereocenters. The maximum atomic E-state index is 12.0. The van der Waals surface area contributed by atoms with Crippen LogP contribution in [0.3, 0.4) is 0 Å². The van der Waals surface area contributed by atoms with E-state index < -0.39 is 0 Å². The summed E-state index contributed by atoms with van der Waals surface area (Å²) in [6, 6.07) is 15.7. The number of benzene rings is 2. The molecule has 0 saturated carbocycles. The Labute approximate surface area is 150 Å². The summed E-state index contributed by atoms with van der Waals surface area (Å²) >= 11 is 0. The lowest BCUT2D eigenvalue weighted by atomic mass is 10.1. The Morgan fingerprint density at radius 2 is 1.80 bits per heavy atom. The maximum absolute atomic E-state index is 12.0. The second-order valence-electron chi connectivity index (χ2n) is 6.45. The molecule has 0 heterocycles. The molecule has 0 aliphatic carbocycles. The smallest absolute Gasteiger partial charge is 0.224 e. The van der Waals surface area contributed by atoms with Crippen molar-refractivity contribution in [2.24, 2.45) is 5.92 Å². The number of carbonyl (C=O) groups is 1. The molecular weight excluding hydrogens is 314 g/mol. The average molecular weight is 341 g/mol. The highest BCUT2D eigenvalue weighted by Gasteiger charge is 2.08. The fraction of sp³-hybridized carbons (Fsp3) is 0.381. The van der Waals surface area contributed by atoms with Gasteiger partial charge in [0.05, 0.1) is 20.1 Å². The lowest BCUT2D eigenvalue weighted by Gasteiger charge is -2.14. The Balaban J connectivity index is 1.85. The highest BCUT2D eigenvalue weighted by atomic mass is 16.5. The zero-order valence-corrected chi connectivity index (χ0v) is 15.2. The Kier molecular flexibility index (Phi) is 7.33. The van der Waals surface area contributed by atoms with Crippen molar-refractivity contribution in [2.75, 3.05) is 20.3 Å². The molecule has 4 heteroatoms. The molecule has 2 aromatic rings. The quantitative estimate of drug-likeness (QED) is 0.758. The fourth-order valence-electron chi connectivity index (χ4n) is 2.44. The first-order chi connectivity index (χ1) is 12.1. The zero-order chi connectivity index (χ0) is 18.1. The van der Waals surface area contributed by atoms with Gasteiger partial charge >= 0.3 is 0 Å². The molecule has 0 fully saturated rings. The third kappa shape index (κ3) is 6.49. The maximum Gasteiger partial charge on any atom is 0.224 e. The van der Waals surface area contributed by atoms with Gasteiger partial charge in [-0.3, -0.25) is 4.79 Å². The van der Waals surface area contributed by atoms with Gasteiger partial charge in [0, 0.05) is 6.54 Å². The monoisotopic (exact) mass is 341 g/mol. The molecule has 0 spiro atoms. The van der Waals surface area contributed by atoms with Gasteiger partial charge in [-0.15, -0.1) is 0 Å². The minimum absolute atomic E-state index is 0.0380. The van der Waals surface area contributed by atoms with Crippen molar-refractivity contribution in [2.45, 2.75) is 26.7 Å². The van der Waals surface area contributed by atoms with Crippen molar-refractivity contribution in [3.8, 4) is 11.5 Å². The van der Waals surface area contributed by atoms with E-state index in [2.05, 4.69) is 19.2 Å². The molecule has 0 aromatic heterocycles. The zero-order valence-electron chi connectivity index (χ0n) is 15.2. The first-order valence-corrected chi connectivity index (χ1v) is 8.69. The topological polar surface area (TPSA) is 47.6 Å². The molecule has 134 valence electrons. The molecular formula is C21H27NO3. The minimum Gasteiger partial charge on any atom is -0.493 e. The van der Waals surface area contributed by atoms with E-state index in [0.29, 0.717) is 25.5 Å². The van der Waals surface area contributed by atoms with Crippen LogP contribution >= 0.6 is 0 Å². The molecule has 2 rings (SSSR count). The largest absolute Gasteiger partial charge is 0.493 e. The molecule has 0 atom stereocenters. The molecule has 4 nitrogen and oxygen atoms in total. The number of nitrogens with one attached hydrogen (secondary N) is 1. The molecule has 0 saturated heterocycles. The number of methoxy groups -OCH3 is 1. The predicted molar refractivity (Wildman–Crippen MR) is 100 cm³/mol. The third-order valence-electron chi connectivity index (χ3n) is 3.74. The second-order valence-corrected chi connectivity index (χ2v) is 6.45. The van der Waals surface area contributed by atoms with Gasteiger partial charge < -0.3 is 14.8 Å². The van der Waals surface area contributed by atoms with E-state index in [1.165, 1.54) is 0 Å². The number of rotatable bonds is 9. The Bertz CT molecular complexity index is 668. The van der Waals surface area contributed by atoms with Gasteiger partial charge in [-0.1, -0.05) is 50.2 Å².